The van der Waals surface area contributed by atoms with E-state index in [0.717, 1.165) is 25.7 Å². The van der Waals surface area contributed by atoms with E-state index < -0.39 is 5.97 Å². The Kier molecular flexibility index (Phi) is 6.56. The first-order valence-corrected chi connectivity index (χ1v) is 8.89. The van der Waals surface area contributed by atoms with Crippen molar-refractivity contribution in [3.8, 4) is 0 Å². The Morgan fingerprint density at radius 3 is 2.32 bits per heavy atom. The van der Waals surface area contributed by atoms with Crippen LogP contribution in [0.4, 0.5) is 0 Å². The second-order valence-corrected chi connectivity index (χ2v) is 6.47. The molecule has 0 atom stereocenters. The Labute approximate surface area is 148 Å². The summed E-state index contributed by atoms with van der Waals surface area (Å²) < 4.78 is 0. The molecule has 0 aromatic heterocycles. The molecule has 0 aliphatic carbocycles. The Bertz CT molecular complexity index is 632. The average molecular weight is 346 g/mol. The summed E-state index contributed by atoms with van der Waals surface area (Å²) in [5.41, 5.74) is 0.439. The number of hydrogen-bond donors (Lipinski definition) is 2. The molecule has 1 aliphatic heterocycles. The fourth-order valence-corrected chi connectivity index (χ4v) is 3.20. The second-order valence-electron chi connectivity index (χ2n) is 6.47. The predicted octanol–water partition coefficient (Wildman–Crippen LogP) is 2.54. The van der Waals surface area contributed by atoms with E-state index >= 15 is 0 Å². The minimum atomic E-state index is -1.05. The van der Waals surface area contributed by atoms with Gasteiger partial charge in [-0.2, -0.15) is 0 Å². The first kappa shape index (κ1) is 19.0. The molecule has 136 valence electrons. The number of nitrogens with zero attached hydrogens (tertiary/aromatic N) is 1. The molecule has 0 bridgehead atoms. The molecule has 1 aromatic rings. The lowest BCUT2D eigenvalue weighted by Gasteiger charge is -2.34. The van der Waals surface area contributed by atoms with E-state index in [-0.39, 0.29) is 29.3 Å². The lowest BCUT2D eigenvalue weighted by atomic mass is 9.98. The van der Waals surface area contributed by atoms with Crippen LogP contribution in [0.1, 0.15) is 60.2 Å². The highest BCUT2D eigenvalue weighted by atomic mass is 16.4. The van der Waals surface area contributed by atoms with Crippen LogP contribution in [0.2, 0.25) is 0 Å². The topological polar surface area (TPSA) is 86.7 Å². The lowest BCUT2D eigenvalue weighted by Crippen LogP contribution is -2.48. The van der Waals surface area contributed by atoms with Crippen molar-refractivity contribution in [1.29, 1.82) is 0 Å². The highest BCUT2D eigenvalue weighted by molar-refractivity contribution is 5.97. The maximum Gasteiger partial charge on any atom is 0.335 e. The van der Waals surface area contributed by atoms with Gasteiger partial charge in [-0.05, 0) is 43.9 Å². The minimum absolute atomic E-state index is 0.00624. The van der Waals surface area contributed by atoms with E-state index in [1.54, 1.807) is 12.1 Å². The second kappa shape index (κ2) is 8.65. The number of rotatable bonds is 6. The van der Waals surface area contributed by atoms with Crippen LogP contribution >= 0.6 is 0 Å². The van der Waals surface area contributed by atoms with Crippen molar-refractivity contribution in [3.63, 3.8) is 0 Å². The highest BCUT2D eigenvalue weighted by Gasteiger charge is 2.27. The zero-order valence-electron chi connectivity index (χ0n) is 14.8. The van der Waals surface area contributed by atoms with Gasteiger partial charge in [0.2, 0.25) is 5.91 Å². The number of aromatic carboxylic acids is 1. The van der Waals surface area contributed by atoms with Crippen LogP contribution in [0.3, 0.4) is 0 Å². The average Bonchev–Trinajstić information content (AvgIpc) is 2.63. The lowest BCUT2D eigenvalue weighted by molar-refractivity contribution is -0.136. The molecule has 0 saturated carbocycles. The van der Waals surface area contributed by atoms with E-state index in [4.69, 9.17) is 5.11 Å². The van der Waals surface area contributed by atoms with Gasteiger partial charge in [0.25, 0.3) is 5.91 Å². The van der Waals surface area contributed by atoms with Gasteiger partial charge in [-0.1, -0.05) is 19.9 Å². The maximum atomic E-state index is 12.4. The van der Waals surface area contributed by atoms with Crippen molar-refractivity contribution < 1.29 is 19.5 Å². The van der Waals surface area contributed by atoms with Crippen molar-refractivity contribution in [2.24, 2.45) is 5.92 Å². The van der Waals surface area contributed by atoms with Gasteiger partial charge in [0.05, 0.1) is 5.56 Å². The first-order valence-electron chi connectivity index (χ1n) is 8.89. The molecule has 0 spiro atoms. The van der Waals surface area contributed by atoms with Crippen LogP contribution in [0.25, 0.3) is 0 Å². The number of carbonyl (C=O) groups is 3. The molecule has 1 aromatic carbocycles. The smallest absolute Gasteiger partial charge is 0.335 e. The Morgan fingerprint density at radius 2 is 1.76 bits per heavy atom. The summed E-state index contributed by atoms with van der Waals surface area (Å²) in [4.78, 5) is 37.6. The van der Waals surface area contributed by atoms with E-state index in [2.05, 4.69) is 5.32 Å². The van der Waals surface area contributed by atoms with Crippen LogP contribution in [-0.4, -0.2) is 46.9 Å². The molecule has 25 heavy (non-hydrogen) atoms. The molecule has 0 radical (unpaired) electrons. The maximum absolute atomic E-state index is 12.4. The fraction of sp³-hybridized carbons (Fsp3) is 0.526. The standard InChI is InChI=1S/C19H26N2O4/c1-3-13(4-2)18(23)21-10-8-16(9-11-21)20-17(22)14-6-5-7-15(12-14)19(24)25/h5-7,12-13,16H,3-4,8-11H2,1-2H3,(H,20,22)(H,24,25). The van der Waals surface area contributed by atoms with Crippen molar-refractivity contribution >= 4 is 17.8 Å². The van der Waals surface area contributed by atoms with Crippen LogP contribution in [0.5, 0.6) is 0 Å². The monoisotopic (exact) mass is 346 g/mol. The highest BCUT2D eigenvalue weighted by Crippen LogP contribution is 2.18. The number of nitrogens with one attached hydrogen (secondary N) is 1. The number of likely N-dealkylation sites (tertiary alicyclic amines) is 1. The number of carboxylic acid groups (broad SMARTS) is 1. The Hall–Kier alpha value is -2.37. The summed E-state index contributed by atoms with van der Waals surface area (Å²) in [6.45, 7) is 5.36. The van der Waals surface area contributed by atoms with Gasteiger partial charge >= 0.3 is 5.97 Å². The zero-order valence-corrected chi connectivity index (χ0v) is 14.8. The molecule has 0 unspecified atom stereocenters. The molecule has 2 rings (SSSR count). The summed E-state index contributed by atoms with van der Waals surface area (Å²) in [5.74, 6) is -1.02. The molecule has 1 fully saturated rings. The van der Waals surface area contributed by atoms with E-state index in [1.807, 2.05) is 18.7 Å². The number of piperidine rings is 1. The molecule has 1 heterocycles. The number of hydrogen-bond acceptors (Lipinski definition) is 3. The fourth-order valence-electron chi connectivity index (χ4n) is 3.20. The molecule has 2 N–H and O–H groups in total. The van der Waals surface area contributed by atoms with Crippen molar-refractivity contribution in [3.05, 3.63) is 35.4 Å². The summed E-state index contributed by atoms with van der Waals surface area (Å²) in [7, 11) is 0. The normalized spacial score (nSPS) is 15.2. The van der Waals surface area contributed by atoms with Crippen LogP contribution < -0.4 is 5.32 Å². The van der Waals surface area contributed by atoms with Gasteiger partial charge in [-0.15, -0.1) is 0 Å². The largest absolute Gasteiger partial charge is 0.478 e. The molecular weight excluding hydrogens is 320 g/mol. The van der Waals surface area contributed by atoms with Crippen LogP contribution in [0, 0.1) is 5.92 Å². The van der Waals surface area contributed by atoms with E-state index in [1.165, 1.54) is 12.1 Å². The first-order chi connectivity index (χ1) is 12.0. The van der Waals surface area contributed by atoms with Crippen molar-refractivity contribution in [2.75, 3.05) is 13.1 Å². The van der Waals surface area contributed by atoms with Crippen LogP contribution in [-0.2, 0) is 4.79 Å². The number of carbonyl (C=O) groups excluding carboxylic acids is 2. The minimum Gasteiger partial charge on any atom is -0.478 e. The molecule has 2 amide bonds. The van der Waals surface area contributed by atoms with Gasteiger partial charge < -0.3 is 15.3 Å². The van der Waals surface area contributed by atoms with Crippen LogP contribution in [0.15, 0.2) is 24.3 Å². The summed E-state index contributed by atoms with van der Waals surface area (Å²) in [6.07, 6.45) is 3.14. The molecular formula is C19H26N2O4. The SMILES string of the molecule is CCC(CC)C(=O)N1CCC(NC(=O)c2cccc(C(=O)O)c2)CC1. The Morgan fingerprint density at radius 1 is 1.16 bits per heavy atom. The third kappa shape index (κ3) is 4.81. The van der Waals surface area contributed by atoms with Crippen molar-refractivity contribution in [2.45, 2.75) is 45.6 Å². The summed E-state index contributed by atoms with van der Waals surface area (Å²) in [6, 6.07) is 6.01. The summed E-state index contributed by atoms with van der Waals surface area (Å²) in [5, 5.41) is 12.0. The number of benzene rings is 1. The molecule has 6 heteroatoms. The molecule has 6 nitrogen and oxygen atoms in total. The van der Waals surface area contributed by atoms with Gasteiger partial charge in [0.1, 0.15) is 0 Å². The zero-order chi connectivity index (χ0) is 18.4. The quantitative estimate of drug-likeness (QED) is 0.829. The molecule has 1 aliphatic rings. The Balaban J connectivity index is 1.89. The van der Waals surface area contributed by atoms with Gasteiger partial charge in [-0.25, -0.2) is 4.79 Å². The van der Waals surface area contributed by atoms with Gasteiger partial charge in [-0.3, -0.25) is 9.59 Å². The third-order valence-electron chi connectivity index (χ3n) is 4.85. The number of carboxylic acids is 1. The van der Waals surface area contributed by atoms with Gasteiger partial charge in [0.15, 0.2) is 0 Å². The number of amides is 2. The third-order valence-corrected chi connectivity index (χ3v) is 4.85. The predicted molar refractivity (Wildman–Crippen MR) is 94.5 cm³/mol. The van der Waals surface area contributed by atoms with E-state index in [0.29, 0.717) is 18.7 Å². The van der Waals surface area contributed by atoms with Crippen molar-refractivity contribution in [1.82, 2.24) is 10.2 Å². The summed E-state index contributed by atoms with van der Waals surface area (Å²) >= 11 is 0. The van der Waals surface area contributed by atoms with E-state index in [9.17, 15) is 14.4 Å². The molecule has 1 saturated heterocycles. The van der Waals surface area contributed by atoms with Gasteiger partial charge in [0, 0.05) is 30.6 Å².